The molecule has 0 aromatic carbocycles. The molecule has 0 saturated heterocycles. The molecule has 0 bridgehead atoms. The second-order valence-corrected chi connectivity index (χ2v) is 5.52. The molecular weight excluding hydrogens is 222 g/mol. The van der Waals surface area contributed by atoms with Crippen LogP contribution in [-0.2, 0) is 0 Å². The van der Waals surface area contributed by atoms with Crippen molar-refractivity contribution in [3.8, 4) is 0 Å². The summed E-state index contributed by atoms with van der Waals surface area (Å²) in [5.74, 6) is 0.986. The largest absolute Gasteiger partial charge is 0.369 e. The highest BCUT2D eigenvalue weighted by Crippen LogP contribution is 2.09. The Morgan fingerprint density at radius 2 is 1.72 bits per heavy atom. The van der Waals surface area contributed by atoms with Gasteiger partial charge in [0.05, 0.1) is 0 Å². The Morgan fingerprint density at radius 3 is 2.22 bits per heavy atom. The van der Waals surface area contributed by atoms with E-state index in [1.165, 1.54) is 5.56 Å². The molecule has 1 heterocycles. The lowest BCUT2D eigenvalue weighted by Crippen LogP contribution is -2.40. The number of pyridine rings is 1. The summed E-state index contributed by atoms with van der Waals surface area (Å²) in [5.41, 5.74) is 2.33. The molecule has 1 aromatic rings. The number of aryl methyl sites for hydroxylation is 2. The molecule has 1 aromatic heterocycles. The monoisotopic (exact) mass is 249 g/mol. The quantitative estimate of drug-likeness (QED) is 0.839. The molecule has 0 radical (unpaired) electrons. The van der Waals surface area contributed by atoms with E-state index >= 15 is 0 Å². The van der Waals surface area contributed by atoms with Gasteiger partial charge in [-0.15, -0.1) is 0 Å². The molecule has 0 unspecified atom stereocenters. The molecule has 0 amide bonds. The summed E-state index contributed by atoms with van der Waals surface area (Å²) in [4.78, 5) is 6.97. The Morgan fingerprint density at radius 1 is 1.11 bits per heavy atom. The van der Waals surface area contributed by atoms with Gasteiger partial charge in [-0.1, -0.05) is 0 Å². The third kappa shape index (κ3) is 4.65. The highest BCUT2D eigenvalue weighted by atomic mass is 15.2. The minimum atomic E-state index is 0.582. The Kier molecular flexibility index (Phi) is 5.60. The smallest absolute Gasteiger partial charge is 0.126 e. The summed E-state index contributed by atoms with van der Waals surface area (Å²) in [6.07, 6.45) is 0. The molecule has 0 aliphatic heterocycles. The van der Waals surface area contributed by atoms with E-state index in [0.29, 0.717) is 12.1 Å². The van der Waals surface area contributed by atoms with Crippen LogP contribution >= 0.6 is 0 Å². The van der Waals surface area contributed by atoms with Gasteiger partial charge in [0, 0.05) is 30.9 Å². The van der Waals surface area contributed by atoms with Crippen molar-refractivity contribution >= 4 is 5.82 Å². The average molecular weight is 249 g/mol. The molecule has 0 fully saturated rings. The van der Waals surface area contributed by atoms with Crippen LogP contribution in [0.1, 0.15) is 39.0 Å². The van der Waals surface area contributed by atoms with E-state index in [-0.39, 0.29) is 0 Å². The third-order valence-corrected chi connectivity index (χ3v) is 3.10. The maximum Gasteiger partial charge on any atom is 0.126 e. The predicted octanol–water partition coefficient (Wildman–Crippen LogP) is 3.23. The summed E-state index contributed by atoms with van der Waals surface area (Å²) >= 11 is 0. The van der Waals surface area contributed by atoms with Gasteiger partial charge in [-0.3, -0.25) is 4.90 Å². The molecule has 0 spiro atoms. The zero-order valence-electron chi connectivity index (χ0n) is 12.6. The molecule has 0 aliphatic rings. The lowest BCUT2D eigenvalue weighted by Gasteiger charge is -2.30. The highest BCUT2D eigenvalue weighted by Gasteiger charge is 2.12. The number of hydrogen-bond donors (Lipinski definition) is 1. The van der Waals surface area contributed by atoms with Crippen molar-refractivity contribution in [1.82, 2.24) is 9.88 Å². The molecule has 3 heteroatoms. The molecule has 0 saturated carbocycles. The fourth-order valence-electron chi connectivity index (χ4n) is 2.36. The first-order valence-electron chi connectivity index (χ1n) is 6.85. The summed E-state index contributed by atoms with van der Waals surface area (Å²) in [7, 11) is 0. The van der Waals surface area contributed by atoms with Crippen molar-refractivity contribution in [2.75, 3.05) is 18.4 Å². The number of anilines is 1. The lowest BCUT2D eigenvalue weighted by atomic mass is 10.2. The minimum absolute atomic E-state index is 0.582. The van der Waals surface area contributed by atoms with E-state index in [1.54, 1.807) is 0 Å². The summed E-state index contributed by atoms with van der Waals surface area (Å²) in [5, 5.41) is 3.41. The molecule has 1 rings (SSSR count). The Balaban J connectivity index is 2.50. The van der Waals surface area contributed by atoms with Crippen LogP contribution in [0.4, 0.5) is 5.82 Å². The Bertz CT molecular complexity index is 344. The van der Waals surface area contributed by atoms with E-state index in [2.05, 4.69) is 62.0 Å². The number of aromatic nitrogens is 1. The Labute approximate surface area is 112 Å². The number of rotatable bonds is 6. The number of hydrogen-bond acceptors (Lipinski definition) is 3. The van der Waals surface area contributed by atoms with Gasteiger partial charge in [0.25, 0.3) is 0 Å². The van der Waals surface area contributed by atoms with Gasteiger partial charge in [0.1, 0.15) is 5.82 Å². The van der Waals surface area contributed by atoms with E-state index in [0.717, 1.165) is 24.6 Å². The number of nitrogens with one attached hydrogen (secondary N) is 1. The lowest BCUT2D eigenvalue weighted by molar-refractivity contribution is 0.182. The van der Waals surface area contributed by atoms with Crippen LogP contribution in [0.3, 0.4) is 0 Å². The highest BCUT2D eigenvalue weighted by molar-refractivity contribution is 5.38. The van der Waals surface area contributed by atoms with E-state index in [9.17, 15) is 0 Å². The first-order chi connectivity index (χ1) is 8.40. The first kappa shape index (κ1) is 15.0. The predicted molar refractivity (Wildman–Crippen MR) is 79.2 cm³/mol. The maximum atomic E-state index is 4.49. The van der Waals surface area contributed by atoms with Crippen molar-refractivity contribution in [3.63, 3.8) is 0 Å². The van der Waals surface area contributed by atoms with Crippen molar-refractivity contribution in [2.24, 2.45) is 0 Å². The topological polar surface area (TPSA) is 28.2 Å². The van der Waals surface area contributed by atoms with Crippen LogP contribution in [0.2, 0.25) is 0 Å². The van der Waals surface area contributed by atoms with Gasteiger partial charge < -0.3 is 5.32 Å². The van der Waals surface area contributed by atoms with E-state index in [4.69, 9.17) is 0 Å². The zero-order chi connectivity index (χ0) is 13.7. The molecule has 0 atom stereocenters. The van der Waals surface area contributed by atoms with Gasteiger partial charge in [-0.2, -0.15) is 0 Å². The Hall–Kier alpha value is -1.09. The SMILES string of the molecule is Cc1cc(C)nc(NCCN(C(C)C)C(C)C)c1. The van der Waals surface area contributed by atoms with Crippen molar-refractivity contribution < 1.29 is 0 Å². The summed E-state index contributed by atoms with van der Waals surface area (Å²) in [6, 6.07) is 5.36. The van der Waals surface area contributed by atoms with Crippen LogP contribution < -0.4 is 5.32 Å². The first-order valence-corrected chi connectivity index (χ1v) is 6.85. The fourth-order valence-corrected chi connectivity index (χ4v) is 2.36. The van der Waals surface area contributed by atoms with Crippen LogP contribution in [0.15, 0.2) is 12.1 Å². The second kappa shape index (κ2) is 6.74. The third-order valence-electron chi connectivity index (χ3n) is 3.10. The average Bonchev–Trinajstić information content (AvgIpc) is 2.21. The van der Waals surface area contributed by atoms with Crippen LogP contribution in [0, 0.1) is 13.8 Å². The van der Waals surface area contributed by atoms with Crippen molar-refractivity contribution in [2.45, 2.75) is 53.6 Å². The molecule has 3 nitrogen and oxygen atoms in total. The van der Waals surface area contributed by atoms with Gasteiger partial charge >= 0.3 is 0 Å². The zero-order valence-corrected chi connectivity index (χ0v) is 12.6. The van der Waals surface area contributed by atoms with E-state index < -0.39 is 0 Å². The minimum Gasteiger partial charge on any atom is -0.369 e. The standard InChI is InChI=1S/C15H27N3/c1-11(2)18(12(3)4)8-7-16-15-10-13(5)9-14(6)17-15/h9-12H,7-8H2,1-6H3,(H,16,17). The van der Waals surface area contributed by atoms with Gasteiger partial charge in [0.2, 0.25) is 0 Å². The van der Waals surface area contributed by atoms with Crippen LogP contribution in [-0.4, -0.2) is 35.1 Å². The van der Waals surface area contributed by atoms with Gasteiger partial charge in [0.15, 0.2) is 0 Å². The second-order valence-electron chi connectivity index (χ2n) is 5.52. The van der Waals surface area contributed by atoms with E-state index in [1.807, 2.05) is 6.92 Å². The normalized spacial score (nSPS) is 11.6. The maximum absolute atomic E-state index is 4.49. The summed E-state index contributed by atoms with van der Waals surface area (Å²) in [6.45, 7) is 15.1. The van der Waals surface area contributed by atoms with Gasteiger partial charge in [-0.25, -0.2) is 4.98 Å². The molecule has 0 aliphatic carbocycles. The van der Waals surface area contributed by atoms with Crippen molar-refractivity contribution in [1.29, 1.82) is 0 Å². The molecule has 102 valence electrons. The number of nitrogens with zero attached hydrogens (tertiary/aromatic N) is 2. The molecule has 18 heavy (non-hydrogen) atoms. The van der Waals surface area contributed by atoms with Crippen LogP contribution in [0.5, 0.6) is 0 Å². The van der Waals surface area contributed by atoms with Crippen molar-refractivity contribution in [3.05, 3.63) is 23.4 Å². The summed E-state index contributed by atoms with van der Waals surface area (Å²) < 4.78 is 0. The fraction of sp³-hybridized carbons (Fsp3) is 0.667. The van der Waals surface area contributed by atoms with Gasteiger partial charge in [-0.05, 0) is 59.2 Å². The molecule has 1 N–H and O–H groups in total. The van der Waals surface area contributed by atoms with Crippen LogP contribution in [0.25, 0.3) is 0 Å². The molecular formula is C15H27N3.